The Hall–Kier alpha value is -6.70. The average Bonchev–Trinajstić information content (AvgIpc) is 3.53. The zero-order valence-corrected chi connectivity index (χ0v) is 28.9. The van der Waals surface area contributed by atoms with Gasteiger partial charge in [-0.25, -0.2) is 0 Å². The Labute approximate surface area is 304 Å². The van der Waals surface area contributed by atoms with Gasteiger partial charge < -0.3 is 4.90 Å². The van der Waals surface area contributed by atoms with Crippen LogP contribution in [0.2, 0.25) is 0 Å². The van der Waals surface area contributed by atoms with Crippen molar-refractivity contribution < 1.29 is 0 Å². The van der Waals surface area contributed by atoms with Crippen molar-refractivity contribution in [3.8, 4) is 55.6 Å². The third kappa shape index (κ3) is 4.78. The summed E-state index contributed by atoms with van der Waals surface area (Å²) in [4.78, 5) is 2.34. The molecule has 0 radical (unpaired) electrons. The number of hydrogen-bond acceptors (Lipinski definition) is 1. The van der Waals surface area contributed by atoms with Crippen LogP contribution >= 0.6 is 0 Å². The first kappa shape index (κ1) is 30.2. The van der Waals surface area contributed by atoms with E-state index in [0.29, 0.717) is 0 Å². The first-order chi connectivity index (χ1) is 25.7. The number of rotatable bonds is 6. The molecule has 0 spiro atoms. The van der Waals surface area contributed by atoms with Crippen LogP contribution in [0.3, 0.4) is 0 Å². The summed E-state index contributed by atoms with van der Waals surface area (Å²) in [6.45, 7) is 2.15. The molecule has 0 aliphatic heterocycles. The van der Waals surface area contributed by atoms with Gasteiger partial charge in [-0.1, -0.05) is 158 Å². The summed E-state index contributed by atoms with van der Waals surface area (Å²) < 4.78 is 0. The number of benzene rings is 9. The molecule has 0 atom stereocenters. The van der Waals surface area contributed by atoms with E-state index in [9.17, 15) is 0 Å². The first-order valence-corrected chi connectivity index (χ1v) is 18.0. The molecule has 0 amide bonds. The number of aryl methyl sites for hydroxylation is 1. The third-order valence-corrected chi connectivity index (χ3v) is 10.6. The highest BCUT2D eigenvalue weighted by Crippen LogP contribution is 2.58. The minimum absolute atomic E-state index is 1.13. The minimum Gasteiger partial charge on any atom is -0.310 e. The summed E-state index contributed by atoms with van der Waals surface area (Å²) in [7, 11) is 0. The first-order valence-electron chi connectivity index (χ1n) is 18.0. The van der Waals surface area contributed by atoms with Gasteiger partial charge in [0.1, 0.15) is 0 Å². The molecule has 9 aromatic carbocycles. The van der Waals surface area contributed by atoms with E-state index in [0.717, 1.165) is 17.1 Å². The largest absolute Gasteiger partial charge is 0.310 e. The summed E-state index contributed by atoms with van der Waals surface area (Å²) in [5.41, 5.74) is 17.5. The van der Waals surface area contributed by atoms with Crippen LogP contribution in [-0.4, -0.2) is 0 Å². The van der Waals surface area contributed by atoms with Crippen molar-refractivity contribution in [2.75, 3.05) is 4.90 Å². The van der Waals surface area contributed by atoms with Crippen LogP contribution in [0.5, 0.6) is 0 Å². The molecule has 1 aliphatic rings. The molecule has 1 heteroatoms. The van der Waals surface area contributed by atoms with Crippen molar-refractivity contribution in [3.63, 3.8) is 0 Å². The van der Waals surface area contributed by atoms with Gasteiger partial charge in [-0.15, -0.1) is 0 Å². The third-order valence-electron chi connectivity index (χ3n) is 10.6. The molecule has 0 heterocycles. The van der Waals surface area contributed by atoms with Crippen molar-refractivity contribution >= 4 is 38.6 Å². The van der Waals surface area contributed by atoms with Crippen LogP contribution in [0.1, 0.15) is 5.56 Å². The highest BCUT2D eigenvalue weighted by molar-refractivity contribution is 6.28. The van der Waals surface area contributed by atoms with E-state index in [4.69, 9.17) is 0 Å². The monoisotopic (exact) mass is 661 g/mol. The fraction of sp³-hybridized carbons (Fsp3) is 0.0196. The number of hydrogen-bond donors (Lipinski definition) is 0. The Morgan fingerprint density at radius 2 is 0.788 bits per heavy atom. The van der Waals surface area contributed by atoms with Gasteiger partial charge in [-0.2, -0.15) is 0 Å². The molecule has 244 valence electrons. The smallest absolute Gasteiger partial charge is 0.0464 e. The SMILES string of the molecule is Cc1cccc(N(c2ccccc2)c2ccc(-c3ccc4c5c(cccc35)-c3c-4c(-c4ccccc4)c4ccccc4c3-c3ccccc3)cc2)c1. The van der Waals surface area contributed by atoms with Crippen LogP contribution < -0.4 is 4.90 Å². The average molecular weight is 662 g/mol. The molecule has 10 rings (SSSR count). The van der Waals surface area contributed by atoms with Crippen molar-refractivity contribution in [2.45, 2.75) is 6.92 Å². The molecule has 0 N–H and O–H groups in total. The normalized spacial score (nSPS) is 11.6. The molecule has 0 bridgehead atoms. The maximum absolute atomic E-state index is 2.37. The molecule has 0 saturated carbocycles. The van der Waals surface area contributed by atoms with Gasteiger partial charge in [0.25, 0.3) is 0 Å². The summed E-state index contributed by atoms with van der Waals surface area (Å²) in [6, 6.07) is 70.9. The lowest BCUT2D eigenvalue weighted by atomic mass is 9.82. The van der Waals surface area contributed by atoms with Gasteiger partial charge in [0.05, 0.1) is 0 Å². The molecular formula is C51H35N. The fourth-order valence-electron chi connectivity index (χ4n) is 8.44. The van der Waals surface area contributed by atoms with E-state index < -0.39 is 0 Å². The van der Waals surface area contributed by atoms with E-state index in [-0.39, 0.29) is 0 Å². The van der Waals surface area contributed by atoms with Crippen LogP contribution in [-0.2, 0) is 0 Å². The van der Waals surface area contributed by atoms with E-state index >= 15 is 0 Å². The van der Waals surface area contributed by atoms with Gasteiger partial charge in [-0.05, 0) is 126 Å². The second-order valence-electron chi connectivity index (χ2n) is 13.7. The van der Waals surface area contributed by atoms with Gasteiger partial charge in [-0.3, -0.25) is 0 Å². The predicted molar refractivity (Wildman–Crippen MR) is 222 cm³/mol. The molecule has 1 nitrogen and oxygen atoms in total. The quantitative estimate of drug-likeness (QED) is 0.171. The van der Waals surface area contributed by atoms with E-state index in [1.165, 1.54) is 82.7 Å². The molecule has 0 saturated heterocycles. The summed E-state index contributed by atoms with van der Waals surface area (Å²) >= 11 is 0. The van der Waals surface area contributed by atoms with Crippen molar-refractivity contribution in [1.29, 1.82) is 0 Å². The fourth-order valence-corrected chi connectivity index (χ4v) is 8.44. The van der Waals surface area contributed by atoms with Crippen LogP contribution in [0.15, 0.2) is 194 Å². The molecular weight excluding hydrogens is 627 g/mol. The minimum atomic E-state index is 1.13. The molecule has 0 unspecified atom stereocenters. The number of para-hydroxylation sites is 1. The standard InChI is InChI=1S/C51H35N/c1-34-15-13-22-40(33-34)52(38-20-9-4-10-21-38)39-29-27-35(28-30-39)41-31-32-46-49-42(41)25-14-26-45(49)50-47(36-16-5-2-6-17-36)43-23-11-12-24-44(43)48(51(46)50)37-18-7-3-8-19-37/h2-33H,1H3. The summed E-state index contributed by atoms with van der Waals surface area (Å²) in [5, 5.41) is 5.17. The van der Waals surface area contributed by atoms with Gasteiger partial charge >= 0.3 is 0 Å². The Kier molecular flexibility index (Phi) is 7.11. The lowest BCUT2D eigenvalue weighted by Crippen LogP contribution is -2.09. The number of anilines is 3. The van der Waals surface area contributed by atoms with Gasteiger partial charge in [0.15, 0.2) is 0 Å². The zero-order chi connectivity index (χ0) is 34.6. The second kappa shape index (κ2) is 12.3. The van der Waals surface area contributed by atoms with Crippen LogP contribution in [0.25, 0.3) is 77.2 Å². The maximum atomic E-state index is 2.37. The Morgan fingerprint density at radius 3 is 1.40 bits per heavy atom. The maximum Gasteiger partial charge on any atom is 0.0464 e. The Bertz CT molecular complexity index is 2670. The topological polar surface area (TPSA) is 3.24 Å². The van der Waals surface area contributed by atoms with E-state index in [2.05, 4.69) is 206 Å². The van der Waals surface area contributed by atoms with Crippen molar-refractivity contribution in [1.82, 2.24) is 0 Å². The van der Waals surface area contributed by atoms with Crippen LogP contribution in [0.4, 0.5) is 17.1 Å². The van der Waals surface area contributed by atoms with Crippen molar-refractivity contribution in [2.24, 2.45) is 0 Å². The van der Waals surface area contributed by atoms with Gasteiger partial charge in [0, 0.05) is 17.1 Å². The van der Waals surface area contributed by atoms with Gasteiger partial charge in [0.2, 0.25) is 0 Å². The Morgan fingerprint density at radius 1 is 0.308 bits per heavy atom. The highest BCUT2D eigenvalue weighted by Gasteiger charge is 2.31. The lowest BCUT2D eigenvalue weighted by molar-refractivity contribution is 1.27. The number of fused-ring (bicyclic) bond motifs is 4. The van der Waals surface area contributed by atoms with Crippen molar-refractivity contribution in [3.05, 3.63) is 200 Å². The second-order valence-corrected chi connectivity index (χ2v) is 13.7. The molecule has 0 fully saturated rings. The summed E-state index contributed by atoms with van der Waals surface area (Å²) in [6.07, 6.45) is 0. The molecule has 9 aromatic rings. The van der Waals surface area contributed by atoms with E-state index in [1.54, 1.807) is 0 Å². The summed E-state index contributed by atoms with van der Waals surface area (Å²) in [5.74, 6) is 0. The Balaban J connectivity index is 1.19. The number of nitrogens with zero attached hydrogens (tertiary/aromatic N) is 1. The molecule has 1 aliphatic carbocycles. The lowest BCUT2D eigenvalue weighted by Gasteiger charge is -2.26. The highest BCUT2D eigenvalue weighted by atomic mass is 15.1. The molecule has 52 heavy (non-hydrogen) atoms. The molecule has 0 aromatic heterocycles. The van der Waals surface area contributed by atoms with E-state index in [1.807, 2.05) is 0 Å². The van der Waals surface area contributed by atoms with Crippen LogP contribution in [0, 0.1) is 6.92 Å². The zero-order valence-electron chi connectivity index (χ0n) is 28.9. The predicted octanol–water partition coefficient (Wildman–Crippen LogP) is 14.4.